The van der Waals surface area contributed by atoms with E-state index in [9.17, 15) is 4.39 Å². The molecule has 0 unspecified atom stereocenters. The van der Waals surface area contributed by atoms with Crippen molar-refractivity contribution in [1.29, 1.82) is 0 Å². The van der Waals surface area contributed by atoms with E-state index in [1.807, 2.05) is 42.5 Å². The van der Waals surface area contributed by atoms with Gasteiger partial charge in [-0.05, 0) is 31.0 Å². The number of para-hydroxylation sites is 2. The summed E-state index contributed by atoms with van der Waals surface area (Å²) in [5.74, 6) is 0.820. The lowest BCUT2D eigenvalue weighted by Crippen LogP contribution is -2.50. The molecule has 4 rings (SSSR count). The number of fused-ring (bicyclic) bond motifs is 1. The standard InChI is InChI=1S/C21H22FN5.ClH/c1-14(15-7-9-16(24-2)10-8-15)27-20-6-4-3-5-19(20)25-21(27)26-12-11-17(22)18(23)13-26;/h3-10,14,17-18H,11-13,23H2,1H3;1H/t14-,17+,18+;/m0./s1. The summed E-state index contributed by atoms with van der Waals surface area (Å²) in [5, 5.41) is 0. The molecule has 28 heavy (non-hydrogen) atoms. The van der Waals surface area contributed by atoms with Crippen LogP contribution in [-0.4, -0.2) is 34.9 Å². The van der Waals surface area contributed by atoms with Gasteiger partial charge in [0.05, 0.1) is 29.7 Å². The van der Waals surface area contributed by atoms with Crippen molar-refractivity contribution in [2.75, 3.05) is 18.0 Å². The van der Waals surface area contributed by atoms with Crippen molar-refractivity contribution in [1.82, 2.24) is 9.55 Å². The molecule has 1 saturated heterocycles. The number of aromatic nitrogens is 2. The predicted molar refractivity (Wildman–Crippen MR) is 113 cm³/mol. The molecule has 1 aliphatic heterocycles. The Kier molecular flexibility index (Phi) is 5.87. The highest BCUT2D eigenvalue weighted by Gasteiger charge is 2.30. The molecule has 3 atom stereocenters. The fourth-order valence-corrected chi connectivity index (χ4v) is 3.75. The fourth-order valence-electron chi connectivity index (χ4n) is 3.75. The lowest BCUT2D eigenvalue weighted by molar-refractivity contribution is 0.243. The quantitative estimate of drug-likeness (QED) is 0.660. The fraction of sp³-hybridized carbons (Fsp3) is 0.333. The minimum atomic E-state index is -0.960. The number of benzene rings is 2. The third-order valence-electron chi connectivity index (χ3n) is 5.32. The van der Waals surface area contributed by atoms with E-state index in [1.54, 1.807) is 0 Å². The first kappa shape index (κ1) is 20.1. The second-order valence-electron chi connectivity index (χ2n) is 7.06. The molecule has 2 heterocycles. The number of anilines is 1. The normalized spacial score (nSPS) is 20.4. The Labute approximate surface area is 170 Å². The van der Waals surface area contributed by atoms with Crippen molar-refractivity contribution >= 4 is 35.1 Å². The van der Waals surface area contributed by atoms with Gasteiger partial charge >= 0.3 is 0 Å². The van der Waals surface area contributed by atoms with Crippen LogP contribution in [-0.2, 0) is 0 Å². The molecule has 3 aromatic rings. The number of alkyl halides is 1. The van der Waals surface area contributed by atoms with Crippen molar-refractivity contribution < 1.29 is 4.39 Å². The molecule has 0 radical (unpaired) electrons. The van der Waals surface area contributed by atoms with E-state index in [-0.39, 0.29) is 18.4 Å². The average Bonchev–Trinajstić information content (AvgIpc) is 3.09. The SMILES string of the molecule is Cl.[C-]#[N+]c1ccc([C@H](C)n2c(N3CC[C@@H](F)[C@H](N)C3)nc3ccccc32)cc1. The van der Waals surface area contributed by atoms with Crippen LogP contribution in [0.15, 0.2) is 48.5 Å². The van der Waals surface area contributed by atoms with Crippen LogP contribution >= 0.6 is 12.4 Å². The van der Waals surface area contributed by atoms with E-state index in [2.05, 4.69) is 27.3 Å². The van der Waals surface area contributed by atoms with Gasteiger partial charge in [0.1, 0.15) is 6.17 Å². The largest absolute Gasteiger partial charge is 0.340 e. The van der Waals surface area contributed by atoms with Gasteiger partial charge in [0.15, 0.2) is 5.69 Å². The minimum Gasteiger partial charge on any atom is -0.340 e. The highest BCUT2D eigenvalue weighted by Crippen LogP contribution is 2.32. The third-order valence-corrected chi connectivity index (χ3v) is 5.32. The van der Waals surface area contributed by atoms with Gasteiger partial charge in [0.2, 0.25) is 5.95 Å². The molecule has 0 saturated carbocycles. The second kappa shape index (κ2) is 8.17. The molecule has 0 aliphatic carbocycles. The molecule has 1 aromatic heterocycles. The summed E-state index contributed by atoms with van der Waals surface area (Å²) in [6, 6.07) is 15.2. The molecule has 0 amide bonds. The monoisotopic (exact) mass is 399 g/mol. The second-order valence-corrected chi connectivity index (χ2v) is 7.06. The van der Waals surface area contributed by atoms with Gasteiger partial charge in [-0.25, -0.2) is 14.2 Å². The van der Waals surface area contributed by atoms with Gasteiger partial charge in [0, 0.05) is 13.1 Å². The number of nitrogens with two attached hydrogens (primary N) is 1. The summed E-state index contributed by atoms with van der Waals surface area (Å²) >= 11 is 0. The van der Waals surface area contributed by atoms with Crippen LogP contribution in [0.5, 0.6) is 0 Å². The Morgan fingerprint density at radius 2 is 1.93 bits per heavy atom. The van der Waals surface area contributed by atoms with Gasteiger partial charge in [-0.1, -0.05) is 36.4 Å². The van der Waals surface area contributed by atoms with Crippen LogP contribution in [0.25, 0.3) is 15.9 Å². The summed E-state index contributed by atoms with van der Waals surface area (Å²) in [6.07, 6.45) is -0.545. The van der Waals surface area contributed by atoms with Crippen LogP contribution < -0.4 is 10.6 Å². The summed E-state index contributed by atoms with van der Waals surface area (Å²) in [6.45, 7) is 10.3. The zero-order valence-electron chi connectivity index (χ0n) is 15.6. The highest BCUT2D eigenvalue weighted by molar-refractivity contribution is 5.85. The zero-order chi connectivity index (χ0) is 19.0. The maximum atomic E-state index is 13.9. The van der Waals surface area contributed by atoms with Crippen LogP contribution in [0, 0.1) is 6.57 Å². The first-order valence-corrected chi connectivity index (χ1v) is 9.17. The van der Waals surface area contributed by atoms with Crippen LogP contribution in [0.3, 0.4) is 0 Å². The molecule has 146 valence electrons. The topological polar surface area (TPSA) is 51.4 Å². The molecule has 1 fully saturated rings. The minimum absolute atomic E-state index is 0. The average molecular weight is 400 g/mol. The molecule has 1 aliphatic rings. The summed E-state index contributed by atoms with van der Waals surface area (Å²) in [4.78, 5) is 10.4. The van der Waals surface area contributed by atoms with Gasteiger partial charge in [-0.15, -0.1) is 12.4 Å². The van der Waals surface area contributed by atoms with Gasteiger partial charge in [0.25, 0.3) is 0 Å². The first-order chi connectivity index (χ1) is 13.1. The Hall–Kier alpha value is -2.62. The highest BCUT2D eigenvalue weighted by atomic mass is 35.5. The maximum absolute atomic E-state index is 13.9. The number of nitrogens with zero attached hydrogens (tertiary/aromatic N) is 4. The van der Waals surface area contributed by atoms with Crippen LogP contribution in [0.4, 0.5) is 16.0 Å². The molecular weight excluding hydrogens is 377 g/mol. The number of hydrogen-bond donors (Lipinski definition) is 1. The number of hydrogen-bond acceptors (Lipinski definition) is 3. The maximum Gasteiger partial charge on any atom is 0.207 e. The summed E-state index contributed by atoms with van der Waals surface area (Å²) in [7, 11) is 0. The molecular formula is C21H23ClFN5. The van der Waals surface area contributed by atoms with Gasteiger partial charge in [-0.2, -0.15) is 0 Å². The Balaban J connectivity index is 0.00000225. The molecule has 2 N–H and O–H groups in total. The van der Waals surface area contributed by atoms with Crippen molar-refractivity contribution in [3.05, 3.63) is 65.5 Å². The summed E-state index contributed by atoms with van der Waals surface area (Å²) < 4.78 is 16.1. The number of imidazole rings is 1. The van der Waals surface area contributed by atoms with E-state index in [0.717, 1.165) is 22.5 Å². The first-order valence-electron chi connectivity index (χ1n) is 9.17. The van der Waals surface area contributed by atoms with Crippen molar-refractivity contribution in [2.45, 2.75) is 31.6 Å². The van der Waals surface area contributed by atoms with Crippen molar-refractivity contribution in [3.8, 4) is 0 Å². The van der Waals surface area contributed by atoms with E-state index in [0.29, 0.717) is 25.2 Å². The smallest absolute Gasteiger partial charge is 0.207 e. The van der Waals surface area contributed by atoms with E-state index in [4.69, 9.17) is 17.3 Å². The van der Waals surface area contributed by atoms with Crippen LogP contribution in [0.2, 0.25) is 0 Å². The lowest BCUT2D eigenvalue weighted by atomic mass is 10.0. The molecule has 7 heteroatoms. The molecule has 0 bridgehead atoms. The van der Waals surface area contributed by atoms with Gasteiger partial charge < -0.3 is 15.2 Å². The Morgan fingerprint density at radius 1 is 1.21 bits per heavy atom. The molecule has 0 spiro atoms. The number of piperidine rings is 1. The molecule has 5 nitrogen and oxygen atoms in total. The molecule has 2 aromatic carbocycles. The number of rotatable bonds is 3. The van der Waals surface area contributed by atoms with Crippen molar-refractivity contribution in [2.24, 2.45) is 5.73 Å². The Bertz CT molecular complexity index is 994. The zero-order valence-corrected chi connectivity index (χ0v) is 16.4. The summed E-state index contributed by atoms with van der Waals surface area (Å²) in [5.41, 5.74) is 9.65. The van der Waals surface area contributed by atoms with Crippen LogP contribution in [0.1, 0.15) is 24.9 Å². The lowest BCUT2D eigenvalue weighted by Gasteiger charge is -2.35. The van der Waals surface area contributed by atoms with Gasteiger partial charge in [-0.3, -0.25) is 0 Å². The predicted octanol–water partition coefficient (Wildman–Crippen LogP) is 4.49. The van der Waals surface area contributed by atoms with E-state index < -0.39 is 12.2 Å². The van der Waals surface area contributed by atoms with Crippen molar-refractivity contribution in [3.63, 3.8) is 0 Å². The number of halogens is 2. The third kappa shape index (κ3) is 3.56. The van der Waals surface area contributed by atoms with E-state index in [1.165, 1.54) is 0 Å². The Morgan fingerprint density at radius 3 is 2.61 bits per heavy atom. The van der Waals surface area contributed by atoms with E-state index >= 15 is 0 Å².